The highest BCUT2D eigenvalue weighted by molar-refractivity contribution is 8.00. The summed E-state index contributed by atoms with van der Waals surface area (Å²) in [6, 6.07) is 1.52. The van der Waals surface area contributed by atoms with E-state index < -0.39 is 0 Å². The lowest BCUT2D eigenvalue weighted by atomic mass is 9.95. The molecule has 0 aromatic carbocycles. The molecule has 0 aromatic rings. The molecule has 0 radical (unpaired) electrons. The summed E-state index contributed by atoms with van der Waals surface area (Å²) >= 11 is 2.17. The Morgan fingerprint density at radius 3 is 2.78 bits per heavy atom. The van der Waals surface area contributed by atoms with Gasteiger partial charge in [0, 0.05) is 42.7 Å². The van der Waals surface area contributed by atoms with Crippen molar-refractivity contribution in [2.75, 3.05) is 25.4 Å². The maximum atomic E-state index is 3.80. The van der Waals surface area contributed by atoms with Gasteiger partial charge in [0.25, 0.3) is 0 Å². The monoisotopic (exact) mass is 270 g/mol. The number of nitrogens with one attached hydrogen (secondary N) is 1. The van der Waals surface area contributed by atoms with Crippen LogP contribution in [0.15, 0.2) is 0 Å². The van der Waals surface area contributed by atoms with Gasteiger partial charge in [0.1, 0.15) is 0 Å². The molecule has 2 aliphatic rings. The van der Waals surface area contributed by atoms with Crippen molar-refractivity contribution in [1.82, 2.24) is 10.2 Å². The van der Waals surface area contributed by atoms with Gasteiger partial charge in [-0.25, -0.2) is 0 Å². The first-order valence-electron chi connectivity index (χ1n) is 7.88. The molecule has 0 spiro atoms. The summed E-state index contributed by atoms with van der Waals surface area (Å²) in [5, 5.41) is 4.67. The predicted octanol–water partition coefficient (Wildman–Crippen LogP) is 3.12. The number of rotatable bonds is 5. The summed E-state index contributed by atoms with van der Waals surface area (Å²) in [5.41, 5.74) is 0. The zero-order valence-corrected chi connectivity index (χ0v) is 13.0. The molecule has 3 heteroatoms. The Labute approximate surface area is 117 Å². The third-order valence-corrected chi connectivity index (χ3v) is 5.93. The van der Waals surface area contributed by atoms with Gasteiger partial charge in [-0.1, -0.05) is 26.2 Å². The van der Waals surface area contributed by atoms with Crippen molar-refractivity contribution in [2.24, 2.45) is 0 Å². The van der Waals surface area contributed by atoms with Crippen molar-refractivity contribution in [3.05, 3.63) is 0 Å². The minimum atomic E-state index is 0.710. The summed E-state index contributed by atoms with van der Waals surface area (Å²) in [5.74, 6) is 1.33. The van der Waals surface area contributed by atoms with E-state index in [1.807, 2.05) is 0 Å². The van der Waals surface area contributed by atoms with Gasteiger partial charge in [-0.05, 0) is 26.2 Å². The molecular weight excluding hydrogens is 240 g/mol. The molecule has 1 N–H and O–H groups in total. The highest BCUT2D eigenvalue weighted by Crippen LogP contribution is 2.22. The van der Waals surface area contributed by atoms with E-state index in [0.29, 0.717) is 6.04 Å². The van der Waals surface area contributed by atoms with Gasteiger partial charge in [-0.3, -0.25) is 4.90 Å². The third kappa shape index (κ3) is 4.43. The van der Waals surface area contributed by atoms with Crippen LogP contribution in [0.4, 0.5) is 0 Å². The van der Waals surface area contributed by atoms with Crippen LogP contribution < -0.4 is 5.32 Å². The van der Waals surface area contributed by atoms with Crippen molar-refractivity contribution >= 4 is 11.8 Å². The fourth-order valence-electron chi connectivity index (χ4n) is 3.16. The highest BCUT2D eigenvalue weighted by atomic mass is 32.2. The largest absolute Gasteiger partial charge is 0.312 e. The van der Waals surface area contributed by atoms with Crippen molar-refractivity contribution in [3.8, 4) is 0 Å². The summed E-state index contributed by atoms with van der Waals surface area (Å²) in [4.78, 5) is 2.69. The molecule has 1 heterocycles. The first kappa shape index (κ1) is 14.7. The number of nitrogens with zero attached hydrogens (tertiary/aromatic N) is 1. The minimum absolute atomic E-state index is 0.710. The van der Waals surface area contributed by atoms with Gasteiger partial charge in [0.15, 0.2) is 0 Å². The van der Waals surface area contributed by atoms with Crippen molar-refractivity contribution in [3.63, 3.8) is 0 Å². The second-order valence-corrected chi connectivity index (χ2v) is 7.40. The Morgan fingerprint density at radius 1 is 1.28 bits per heavy atom. The molecule has 2 nitrogen and oxygen atoms in total. The molecule has 2 rings (SSSR count). The second kappa shape index (κ2) is 7.76. The van der Waals surface area contributed by atoms with E-state index in [1.54, 1.807) is 0 Å². The van der Waals surface area contributed by atoms with Gasteiger partial charge in [0.05, 0.1) is 0 Å². The zero-order valence-electron chi connectivity index (χ0n) is 12.2. The fraction of sp³-hybridized carbons (Fsp3) is 1.00. The van der Waals surface area contributed by atoms with Crippen LogP contribution in [0.5, 0.6) is 0 Å². The van der Waals surface area contributed by atoms with Crippen molar-refractivity contribution in [2.45, 2.75) is 69.7 Å². The van der Waals surface area contributed by atoms with E-state index in [4.69, 9.17) is 0 Å². The Morgan fingerprint density at radius 2 is 2.06 bits per heavy atom. The smallest absolute Gasteiger partial charge is 0.0193 e. The lowest BCUT2D eigenvalue weighted by Gasteiger charge is -2.37. The third-order valence-electron chi connectivity index (χ3n) is 4.56. The molecular formula is C15H30N2S. The first-order valence-corrected chi connectivity index (χ1v) is 8.93. The Bertz CT molecular complexity index is 229. The normalized spacial score (nSPS) is 29.3. The molecule has 0 aromatic heterocycles. The molecule has 2 unspecified atom stereocenters. The van der Waals surface area contributed by atoms with E-state index in [1.165, 1.54) is 63.9 Å². The Kier molecular flexibility index (Phi) is 6.33. The van der Waals surface area contributed by atoms with Crippen LogP contribution in [-0.4, -0.2) is 47.6 Å². The first-order chi connectivity index (χ1) is 8.79. The summed E-state index contributed by atoms with van der Waals surface area (Å²) in [6.07, 6.45) is 8.45. The molecule has 1 aliphatic heterocycles. The maximum Gasteiger partial charge on any atom is 0.0193 e. The molecule has 2 atom stereocenters. The molecule has 1 aliphatic carbocycles. The van der Waals surface area contributed by atoms with Gasteiger partial charge in [-0.2, -0.15) is 11.8 Å². The molecule has 1 saturated heterocycles. The summed E-state index contributed by atoms with van der Waals surface area (Å²) < 4.78 is 0. The number of hydrogen-bond acceptors (Lipinski definition) is 3. The Hall–Kier alpha value is 0.270. The van der Waals surface area contributed by atoms with Crippen LogP contribution in [0.2, 0.25) is 0 Å². The van der Waals surface area contributed by atoms with Gasteiger partial charge in [0.2, 0.25) is 0 Å². The van der Waals surface area contributed by atoms with Crippen LogP contribution in [0, 0.1) is 0 Å². The standard InChI is InChI=1S/C15H30N2S/c1-3-15-12-17(9-10-18-15)13(2)11-16-14-7-5-4-6-8-14/h13-16H,3-12H2,1-2H3. The summed E-state index contributed by atoms with van der Waals surface area (Å²) in [7, 11) is 0. The van der Waals surface area contributed by atoms with Crippen molar-refractivity contribution in [1.29, 1.82) is 0 Å². The van der Waals surface area contributed by atoms with E-state index in [9.17, 15) is 0 Å². The molecule has 106 valence electrons. The van der Waals surface area contributed by atoms with Crippen LogP contribution in [0.25, 0.3) is 0 Å². The zero-order chi connectivity index (χ0) is 12.8. The number of hydrogen-bond donors (Lipinski definition) is 1. The van der Waals surface area contributed by atoms with Crippen molar-refractivity contribution < 1.29 is 0 Å². The lowest BCUT2D eigenvalue weighted by Crippen LogP contribution is -2.48. The predicted molar refractivity (Wildman–Crippen MR) is 82.4 cm³/mol. The van der Waals surface area contributed by atoms with Gasteiger partial charge in [-0.15, -0.1) is 0 Å². The minimum Gasteiger partial charge on any atom is -0.312 e. The maximum absolute atomic E-state index is 3.80. The van der Waals surface area contributed by atoms with Gasteiger partial charge < -0.3 is 5.32 Å². The van der Waals surface area contributed by atoms with Crippen LogP contribution >= 0.6 is 11.8 Å². The SMILES string of the molecule is CCC1CN(C(C)CNC2CCCCC2)CCS1. The van der Waals surface area contributed by atoms with E-state index in [2.05, 4.69) is 35.8 Å². The summed E-state index contributed by atoms with van der Waals surface area (Å²) in [6.45, 7) is 8.50. The highest BCUT2D eigenvalue weighted by Gasteiger charge is 2.23. The van der Waals surface area contributed by atoms with Crippen LogP contribution in [-0.2, 0) is 0 Å². The topological polar surface area (TPSA) is 15.3 Å². The quantitative estimate of drug-likeness (QED) is 0.826. The van der Waals surface area contributed by atoms with Gasteiger partial charge >= 0.3 is 0 Å². The van der Waals surface area contributed by atoms with E-state index in [-0.39, 0.29) is 0 Å². The molecule has 18 heavy (non-hydrogen) atoms. The molecule has 2 fully saturated rings. The van der Waals surface area contributed by atoms with E-state index in [0.717, 1.165) is 11.3 Å². The Balaban J connectivity index is 1.68. The molecule has 1 saturated carbocycles. The molecule has 0 amide bonds. The fourth-order valence-corrected chi connectivity index (χ4v) is 4.37. The van der Waals surface area contributed by atoms with E-state index >= 15 is 0 Å². The van der Waals surface area contributed by atoms with Crippen LogP contribution in [0.3, 0.4) is 0 Å². The molecule has 0 bridgehead atoms. The number of thioether (sulfide) groups is 1. The average Bonchev–Trinajstić information content (AvgIpc) is 2.46. The second-order valence-electron chi connectivity index (χ2n) is 5.99. The van der Waals surface area contributed by atoms with Crippen LogP contribution in [0.1, 0.15) is 52.4 Å². The lowest BCUT2D eigenvalue weighted by molar-refractivity contribution is 0.201. The average molecular weight is 270 g/mol.